The molecule has 0 spiro atoms. The van der Waals surface area contributed by atoms with Crippen LogP contribution in [0.15, 0.2) is 18.3 Å². The predicted octanol–water partition coefficient (Wildman–Crippen LogP) is 0.879. The van der Waals surface area contributed by atoms with Crippen LogP contribution >= 0.6 is 0 Å². The lowest BCUT2D eigenvalue weighted by Gasteiger charge is -2.26. The van der Waals surface area contributed by atoms with Crippen LogP contribution in [0.25, 0.3) is 0 Å². The van der Waals surface area contributed by atoms with Gasteiger partial charge < -0.3 is 16.0 Å². The molecule has 2 heterocycles. The summed E-state index contributed by atoms with van der Waals surface area (Å²) < 4.78 is 0. The zero-order valence-electron chi connectivity index (χ0n) is 10.6. The molecule has 0 saturated carbocycles. The zero-order chi connectivity index (χ0) is 12.8. The lowest BCUT2D eigenvalue weighted by molar-refractivity contribution is 0.0946. The van der Waals surface area contributed by atoms with Gasteiger partial charge in [-0.15, -0.1) is 0 Å². The second-order valence-electron chi connectivity index (χ2n) is 4.63. The number of nitrogens with two attached hydrogens (primary N) is 1. The van der Waals surface area contributed by atoms with Crippen LogP contribution in [0.3, 0.4) is 0 Å². The lowest BCUT2D eigenvalue weighted by Crippen LogP contribution is -2.37. The molecular formula is C13H20N4O. The van der Waals surface area contributed by atoms with Gasteiger partial charge in [0.2, 0.25) is 0 Å². The van der Waals surface area contributed by atoms with Crippen molar-refractivity contribution >= 4 is 11.7 Å². The maximum Gasteiger partial charge on any atom is 0.251 e. The van der Waals surface area contributed by atoms with E-state index >= 15 is 0 Å². The van der Waals surface area contributed by atoms with Gasteiger partial charge in [-0.3, -0.25) is 4.79 Å². The normalized spacial score (nSPS) is 16.4. The highest BCUT2D eigenvalue weighted by Crippen LogP contribution is 2.07. The molecule has 1 aliphatic rings. The fourth-order valence-electron chi connectivity index (χ4n) is 2.20. The number of nitrogens with one attached hydrogen (secondary N) is 1. The number of anilines is 1. The van der Waals surface area contributed by atoms with Gasteiger partial charge in [0.1, 0.15) is 5.82 Å². The van der Waals surface area contributed by atoms with Crippen LogP contribution in [0.5, 0.6) is 0 Å². The minimum absolute atomic E-state index is 0.0823. The van der Waals surface area contributed by atoms with Crippen molar-refractivity contribution in [2.24, 2.45) is 0 Å². The van der Waals surface area contributed by atoms with E-state index in [0.717, 1.165) is 19.6 Å². The molecule has 0 bridgehead atoms. The van der Waals surface area contributed by atoms with E-state index < -0.39 is 0 Å². The molecule has 0 radical (unpaired) electrons. The van der Waals surface area contributed by atoms with Gasteiger partial charge in [0, 0.05) is 24.8 Å². The Balaban J connectivity index is 1.74. The molecule has 0 atom stereocenters. The van der Waals surface area contributed by atoms with Crippen molar-refractivity contribution < 1.29 is 4.79 Å². The molecule has 5 heteroatoms. The molecule has 1 amide bonds. The molecule has 0 aromatic carbocycles. The number of nitrogen functional groups attached to an aromatic ring is 1. The average molecular weight is 248 g/mol. The van der Waals surface area contributed by atoms with Gasteiger partial charge >= 0.3 is 0 Å². The number of piperidine rings is 1. The maximum atomic E-state index is 11.8. The number of amides is 1. The molecule has 98 valence electrons. The summed E-state index contributed by atoms with van der Waals surface area (Å²) in [5, 5.41) is 2.91. The van der Waals surface area contributed by atoms with E-state index in [1.807, 2.05) is 0 Å². The summed E-state index contributed by atoms with van der Waals surface area (Å²) in [5.41, 5.74) is 6.11. The molecule has 5 nitrogen and oxygen atoms in total. The third-order valence-electron chi connectivity index (χ3n) is 3.21. The van der Waals surface area contributed by atoms with Crippen LogP contribution in [0.2, 0.25) is 0 Å². The Bertz CT molecular complexity index is 402. The smallest absolute Gasteiger partial charge is 0.251 e. The Labute approximate surface area is 107 Å². The highest BCUT2D eigenvalue weighted by atomic mass is 16.1. The molecule has 18 heavy (non-hydrogen) atoms. The highest BCUT2D eigenvalue weighted by Gasteiger charge is 2.10. The number of carbonyl (C=O) groups excluding carboxylic acids is 1. The van der Waals surface area contributed by atoms with Gasteiger partial charge in [-0.1, -0.05) is 6.42 Å². The number of carbonyl (C=O) groups is 1. The van der Waals surface area contributed by atoms with Crippen molar-refractivity contribution in [3.05, 3.63) is 23.9 Å². The van der Waals surface area contributed by atoms with Crippen molar-refractivity contribution in [1.82, 2.24) is 15.2 Å². The van der Waals surface area contributed by atoms with Crippen molar-refractivity contribution in [3.63, 3.8) is 0 Å². The molecule has 3 N–H and O–H groups in total. The third-order valence-corrected chi connectivity index (χ3v) is 3.21. The Kier molecular flexibility index (Phi) is 4.52. The third kappa shape index (κ3) is 3.70. The summed E-state index contributed by atoms with van der Waals surface area (Å²) in [4.78, 5) is 18.1. The second-order valence-corrected chi connectivity index (χ2v) is 4.63. The van der Waals surface area contributed by atoms with Gasteiger partial charge in [-0.25, -0.2) is 4.98 Å². The van der Waals surface area contributed by atoms with E-state index in [4.69, 9.17) is 5.73 Å². The summed E-state index contributed by atoms with van der Waals surface area (Å²) in [7, 11) is 0. The molecular weight excluding hydrogens is 228 g/mol. The minimum Gasteiger partial charge on any atom is -0.384 e. The van der Waals surface area contributed by atoms with Gasteiger partial charge in [0.25, 0.3) is 5.91 Å². The summed E-state index contributed by atoms with van der Waals surface area (Å²) in [6, 6.07) is 3.27. The zero-order valence-corrected chi connectivity index (χ0v) is 10.6. The first kappa shape index (κ1) is 12.8. The monoisotopic (exact) mass is 248 g/mol. The maximum absolute atomic E-state index is 11.8. The van der Waals surface area contributed by atoms with E-state index in [-0.39, 0.29) is 5.91 Å². The Morgan fingerprint density at radius 1 is 1.39 bits per heavy atom. The van der Waals surface area contributed by atoms with E-state index in [1.54, 1.807) is 18.3 Å². The lowest BCUT2D eigenvalue weighted by atomic mass is 10.1. The summed E-state index contributed by atoms with van der Waals surface area (Å²) in [6.07, 6.45) is 5.43. The second kappa shape index (κ2) is 6.35. The number of hydrogen-bond acceptors (Lipinski definition) is 4. The number of likely N-dealkylation sites (tertiary alicyclic amines) is 1. The SMILES string of the molecule is Nc1cc(C(=O)NCCN2CCCCC2)ccn1. The summed E-state index contributed by atoms with van der Waals surface area (Å²) in [5.74, 6) is 0.291. The molecule has 2 rings (SSSR count). The van der Waals surface area contributed by atoms with Gasteiger partial charge in [-0.05, 0) is 38.1 Å². The summed E-state index contributed by atoms with van der Waals surface area (Å²) >= 11 is 0. The van der Waals surface area contributed by atoms with Crippen LogP contribution < -0.4 is 11.1 Å². The quantitative estimate of drug-likeness (QED) is 0.829. The number of rotatable bonds is 4. The topological polar surface area (TPSA) is 71.2 Å². The fourth-order valence-corrected chi connectivity index (χ4v) is 2.20. The summed E-state index contributed by atoms with van der Waals surface area (Å²) in [6.45, 7) is 3.91. The number of pyridine rings is 1. The van der Waals surface area contributed by atoms with Crippen molar-refractivity contribution in [3.8, 4) is 0 Å². The first-order valence-electron chi connectivity index (χ1n) is 6.48. The fraction of sp³-hybridized carbons (Fsp3) is 0.538. The van der Waals surface area contributed by atoms with Gasteiger partial charge in [0.15, 0.2) is 0 Å². The van der Waals surface area contributed by atoms with Crippen LogP contribution in [-0.2, 0) is 0 Å². The van der Waals surface area contributed by atoms with Crippen molar-refractivity contribution in [1.29, 1.82) is 0 Å². The van der Waals surface area contributed by atoms with Crippen LogP contribution in [-0.4, -0.2) is 42.0 Å². The first-order valence-corrected chi connectivity index (χ1v) is 6.48. The largest absolute Gasteiger partial charge is 0.384 e. The minimum atomic E-state index is -0.0823. The van der Waals surface area contributed by atoms with E-state index in [9.17, 15) is 4.79 Å². The van der Waals surface area contributed by atoms with Gasteiger partial charge in [-0.2, -0.15) is 0 Å². The molecule has 1 aromatic heterocycles. The van der Waals surface area contributed by atoms with Crippen molar-refractivity contribution in [2.45, 2.75) is 19.3 Å². The van der Waals surface area contributed by atoms with Crippen LogP contribution in [0, 0.1) is 0 Å². The van der Waals surface area contributed by atoms with Crippen LogP contribution in [0.4, 0.5) is 5.82 Å². The molecule has 0 unspecified atom stereocenters. The van der Waals surface area contributed by atoms with E-state index in [0.29, 0.717) is 17.9 Å². The molecule has 1 fully saturated rings. The van der Waals surface area contributed by atoms with E-state index in [1.165, 1.54) is 19.3 Å². The Morgan fingerprint density at radius 3 is 2.89 bits per heavy atom. The highest BCUT2D eigenvalue weighted by molar-refractivity contribution is 5.94. The standard InChI is InChI=1S/C13H20N4O/c14-12-10-11(4-5-15-12)13(18)16-6-9-17-7-2-1-3-8-17/h4-5,10H,1-3,6-9H2,(H2,14,15)(H,16,18). The molecule has 1 aromatic rings. The van der Waals surface area contributed by atoms with E-state index in [2.05, 4.69) is 15.2 Å². The Morgan fingerprint density at radius 2 is 2.17 bits per heavy atom. The Hall–Kier alpha value is -1.62. The predicted molar refractivity (Wildman–Crippen MR) is 71.3 cm³/mol. The number of nitrogens with zero attached hydrogens (tertiary/aromatic N) is 2. The molecule has 1 saturated heterocycles. The number of hydrogen-bond donors (Lipinski definition) is 2. The van der Waals surface area contributed by atoms with Crippen molar-refractivity contribution in [2.75, 3.05) is 31.9 Å². The molecule has 0 aliphatic carbocycles. The first-order chi connectivity index (χ1) is 8.75. The molecule has 1 aliphatic heterocycles. The van der Waals surface area contributed by atoms with Gasteiger partial charge in [0.05, 0.1) is 0 Å². The number of aromatic nitrogens is 1. The van der Waals surface area contributed by atoms with Crippen LogP contribution in [0.1, 0.15) is 29.6 Å². The average Bonchev–Trinajstić information content (AvgIpc) is 2.40.